The van der Waals surface area contributed by atoms with Crippen LogP contribution in [0.15, 0.2) is 53.0 Å². The zero-order valence-electron chi connectivity index (χ0n) is 11.0. The third-order valence-corrected chi connectivity index (χ3v) is 3.47. The fourth-order valence-electron chi connectivity index (χ4n) is 1.75. The molecule has 0 aliphatic heterocycles. The summed E-state index contributed by atoms with van der Waals surface area (Å²) in [5, 5.41) is 0. The van der Waals surface area contributed by atoms with E-state index < -0.39 is 6.10 Å². The van der Waals surface area contributed by atoms with Crippen molar-refractivity contribution in [2.24, 2.45) is 0 Å². The highest BCUT2D eigenvalue weighted by atomic mass is 79.9. The minimum Gasteiger partial charge on any atom is -0.366 e. The molecule has 0 spiro atoms. The van der Waals surface area contributed by atoms with Gasteiger partial charge < -0.3 is 4.74 Å². The van der Waals surface area contributed by atoms with Gasteiger partial charge in [0.05, 0.1) is 6.61 Å². The summed E-state index contributed by atoms with van der Waals surface area (Å²) in [7, 11) is 0. The van der Waals surface area contributed by atoms with Crippen LogP contribution in [0.4, 0.5) is 4.39 Å². The molecule has 0 saturated heterocycles. The summed E-state index contributed by atoms with van der Waals surface area (Å²) in [5.74, 6) is -0.440. The third kappa shape index (κ3) is 3.74. The number of benzene rings is 2. The van der Waals surface area contributed by atoms with E-state index in [9.17, 15) is 9.18 Å². The van der Waals surface area contributed by atoms with Gasteiger partial charge in [0.2, 0.25) is 0 Å². The van der Waals surface area contributed by atoms with Gasteiger partial charge in [0, 0.05) is 15.6 Å². The quantitative estimate of drug-likeness (QED) is 0.757. The number of carbonyl (C=O) groups excluding carboxylic acids is 1. The maximum absolute atomic E-state index is 13.4. The van der Waals surface area contributed by atoms with Crippen molar-refractivity contribution < 1.29 is 13.9 Å². The summed E-state index contributed by atoms with van der Waals surface area (Å²) >= 11 is 3.32. The number of rotatable bonds is 5. The van der Waals surface area contributed by atoms with Crippen molar-refractivity contribution in [1.29, 1.82) is 0 Å². The predicted octanol–water partition coefficient (Wildman–Crippen LogP) is 4.38. The lowest BCUT2D eigenvalue weighted by Crippen LogP contribution is -2.21. The molecule has 2 aromatic rings. The van der Waals surface area contributed by atoms with Gasteiger partial charge in [-0.25, -0.2) is 4.39 Å². The molecule has 104 valence electrons. The average Bonchev–Trinajstić information content (AvgIpc) is 2.46. The minimum absolute atomic E-state index is 0.0795. The van der Waals surface area contributed by atoms with Gasteiger partial charge in [-0.15, -0.1) is 0 Å². The zero-order chi connectivity index (χ0) is 14.5. The Morgan fingerprint density at radius 1 is 1.20 bits per heavy atom. The van der Waals surface area contributed by atoms with Crippen LogP contribution in [0.1, 0.15) is 22.8 Å². The first kappa shape index (κ1) is 14.9. The molecular formula is C16H14BrFO2. The first-order chi connectivity index (χ1) is 9.58. The average molecular weight is 337 g/mol. The van der Waals surface area contributed by atoms with E-state index in [1.54, 1.807) is 49.4 Å². The molecule has 20 heavy (non-hydrogen) atoms. The van der Waals surface area contributed by atoms with Crippen molar-refractivity contribution in [2.75, 3.05) is 0 Å². The van der Waals surface area contributed by atoms with Gasteiger partial charge in [-0.05, 0) is 25.1 Å². The fraction of sp³-hybridized carbons (Fsp3) is 0.188. The lowest BCUT2D eigenvalue weighted by molar-refractivity contribution is 0.0403. The second-order valence-corrected chi connectivity index (χ2v) is 5.33. The van der Waals surface area contributed by atoms with E-state index in [1.165, 1.54) is 6.07 Å². The molecular weight excluding hydrogens is 323 g/mol. The summed E-state index contributed by atoms with van der Waals surface area (Å²) in [4.78, 5) is 12.1. The monoisotopic (exact) mass is 336 g/mol. The van der Waals surface area contributed by atoms with E-state index in [2.05, 4.69) is 15.9 Å². The SMILES string of the molecule is CC(OCc1ccccc1F)C(=O)c1ccc(Br)cc1. The van der Waals surface area contributed by atoms with Crippen LogP contribution >= 0.6 is 15.9 Å². The minimum atomic E-state index is -0.615. The highest BCUT2D eigenvalue weighted by Crippen LogP contribution is 2.14. The van der Waals surface area contributed by atoms with E-state index in [0.29, 0.717) is 11.1 Å². The van der Waals surface area contributed by atoms with Crippen molar-refractivity contribution in [3.63, 3.8) is 0 Å². The molecule has 0 aromatic heterocycles. The molecule has 1 unspecified atom stereocenters. The third-order valence-electron chi connectivity index (χ3n) is 2.94. The van der Waals surface area contributed by atoms with E-state index in [0.717, 1.165) is 4.47 Å². The van der Waals surface area contributed by atoms with Crippen LogP contribution in [-0.4, -0.2) is 11.9 Å². The Kier molecular flexibility index (Phi) is 5.04. The van der Waals surface area contributed by atoms with Crippen molar-refractivity contribution in [3.8, 4) is 0 Å². The predicted molar refractivity (Wildman–Crippen MR) is 79.1 cm³/mol. The Bertz CT molecular complexity index is 596. The number of ether oxygens (including phenoxy) is 1. The maximum Gasteiger partial charge on any atom is 0.191 e. The van der Waals surface area contributed by atoms with Crippen molar-refractivity contribution in [3.05, 3.63) is 69.9 Å². The molecule has 0 N–H and O–H groups in total. The Balaban J connectivity index is 1.98. The van der Waals surface area contributed by atoms with Crippen LogP contribution in [-0.2, 0) is 11.3 Å². The Morgan fingerprint density at radius 3 is 2.50 bits per heavy atom. The lowest BCUT2D eigenvalue weighted by Gasteiger charge is -2.12. The summed E-state index contributed by atoms with van der Waals surface area (Å²) in [6, 6.07) is 13.4. The molecule has 0 radical (unpaired) electrons. The fourth-order valence-corrected chi connectivity index (χ4v) is 2.02. The molecule has 0 aliphatic carbocycles. The van der Waals surface area contributed by atoms with Crippen LogP contribution in [0.2, 0.25) is 0 Å². The summed E-state index contributed by atoms with van der Waals surface area (Å²) in [6.45, 7) is 1.75. The van der Waals surface area contributed by atoms with Crippen LogP contribution in [0.25, 0.3) is 0 Å². The van der Waals surface area contributed by atoms with Crippen LogP contribution in [0.5, 0.6) is 0 Å². The van der Waals surface area contributed by atoms with Gasteiger partial charge >= 0.3 is 0 Å². The van der Waals surface area contributed by atoms with E-state index in [-0.39, 0.29) is 18.2 Å². The first-order valence-electron chi connectivity index (χ1n) is 6.22. The Labute approximate surface area is 125 Å². The van der Waals surface area contributed by atoms with Crippen LogP contribution in [0.3, 0.4) is 0 Å². The standard InChI is InChI=1S/C16H14BrFO2/c1-11(16(19)12-6-8-14(17)9-7-12)20-10-13-4-2-3-5-15(13)18/h2-9,11H,10H2,1H3. The largest absolute Gasteiger partial charge is 0.366 e. The first-order valence-corrected chi connectivity index (χ1v) is 7.02. The van der Waals surface area contributed by atoms with Crippen LogP contribution in [0, 0.1) is 5.82 Å². The van der Waals surface area contributed by atoms with Gasteiger partial charge in [-0.3, -0.25) is 4.79 Å². The number of halogens is 2. The molecule has 0 amide bonds. The van der Waals surface area contributed by atoms with Crippen molar-refractivity contribution in [2.45, 2.75) is 19.6 Å². The molecule has 0 fully saturated rings. The molecule has 0 bridgehead atoms. The number of ketones is 1. The van der Waals surface area contributed by atoms with E-state index in [4.69, 9.17) is 4.74 Å². The zero-order valence-corrected chi connectivity index (χ0v) is 12.6. The summed E-state index contributed by atoms with van der Waals surface area (Å²) < 4.78 is 19.8. The number of hydrogen-bond donors (Lipinski definition) is 0. The molecule has 0 aliphatic rings. The Hall–Kier alpha value is -1.52. The van der Waals surface area contributed by atoms with Gasteiger partial charge in [-0.1, -0.05) is 46.3 Å². The van der Waals surface area contributed by atoms with Crippen LogP contribution < -0.4 is 0 Å². The molecule has 0 heterocycles. The molecule has 1 atom stereocenters. The smallest absolute Gasteiger partial charge is 0.191 e. The number of hydrogen-bond acceptors (Lipinski definition) is 2. The topological polar surface area (TPSA) is 26.3 Å². The highest BCUT2D eigenvalue weighted by Gasteiger charge is 2.16. The van der Waals surface area contributed by atoms with Gasteiger partial charge in [0.15, 0.2) is 5.78 Å². The number of carbonyl (C=O) groups is 1. The summed E-state index contributed by atoms with van der Waals surface area (Å²) in [6.07, 6.45) is -0.615. The molecule has 2 nitrogen and oxygen atoms in total. The molecule has 2 aromatic carbocycles. The second kappa shape index (κ2) is 6.77. The van der Waals surface area contributed by atoms with Crippen molar-refractivity contribution in [1.82, 2.24) is 0 Å². The molecule has 2 rings (SSSR count). The van der Waals surface area contributed by atoms with Crippen molar-refractivity contribution >= 4 is 21.7 Å². The van der Waals surface area contributed by atoms with Gasteiger partial charge in [0.1, 0.15) is 11.9 Å². The van der Waals surface area contributed by atoms with E-state index >= 15 is 0 Å². The maximum atomic E-state index is 13.4. The normalized spacial score (nSPS) is 12.2. The van der Waals surface area contributed by atoms with E-state index in [1.807, 2.05) is 0 Å². The lowest BCUT2D eigenvalue weighted by atomic mass is 10.1. The molecule has 0 saturated carbocycles. The van der Waals surface area contributed by atoms with Gasteiger partial charge in [0.25, 0.3) is 0 Å². The highest BCUT2D eigenvalue weighted by molar-refractivity contribution is 9.10. The van der Waals surface area contributed by atoms with Gasteiger partial charge in [-0.2, -0.15) is 0 Å². The Morgan fingerprint density at radius 2 is 1.85 bits per heavy atom. The molecule has 4 heteroatoms. The second-order valence-electron chi connectivity index (χ2n) is 4.42. The summed E-state index contributed by atoms with van der Waals surface area (Å²) in [5.41, 5.74) is 1.03. The number of Topliss-reactive ketones (excluding diaryl/α,β-unsaturated/α-hetero) is 1.